The SMILES string of the molecule is CC(C)C(O)Cc1nc(-c2ccc(Cl)c(Cl)c2)no1. The number of hydrogen-bond acceptors (Lipinski definition) is 4. The van der Waals surface area contributed by atoms with Gasteiger partial charge in [-0.1, -0.05) is 42.2 Å². The molecule has 102 valence electrons. The van der Waals surface area contributed by atoms with Crippen molar-refractivity contribution in [2.75, 3.05) is 0 Å². The van der Waals surface area contributed by atoms with E-state index in [1.165, 1.54) is 0 Å². The molecule has 1 aromatic carbocycles. The van der Waals surface area contributed by atoms with Gasteiger partial charge in [-0.2, -0.15) is 4.98 Å². The zero-order valence-corrected chi connectivity index (χ0v) is 12.1. The molecule has 0 amide bonds. The van der Waals surface area contributed by atoms with E-state index in [0.717, 1.165) is 5.56 Å². The molecule has 0 aliphatic rings. The second-order valence-electron chi connectivity index (χ2n) is 4.66. The fraction of sp³-hybridized carbons (Fsp3) is 0.385. The third-order valence-electron chi connectivity index (χ3n) is 2.80. The summed E-state index contributed by atoms with van der Waals surface area (Å²) in [4.78, 5) is 4.23. The summed E-state index contributed by atoms with van der Waals surface area (Å²) in [5.41, 5.74) is 0.725. The maximum Gasteiger partial charge on any atom is 0.229 e. The fourth-order valence-electron chi connectivity index (χ4n) is 1.50. The molecule has 4 nitrogen and oxygen atoms in total. The van der Waals surface area contributed by atoms with Crippen LogP contribution in [0.5, 0.6) is 0 Å². The summed E-state index contributed by atoms with van der Waals surface area (Å²) in [5.74, 6) is 0.979. The molecular formula is C13H14Cl2N2O2. The van der Waals surface area contributed by atoms with Crippen LogP contribution in [0.4, 0.5) is 0 Å². The van der Waals surface area contributed by atoms with Crippen molar-refractivity contribution in [3.8, 4) is 11.4 Å². The molecule has 2 rings (SSSR count). The number of aliphatic hydroxyl groups excluding tert-OH is 1. The minimum absolute atomic E-state index is 0.139. The van der Waals surface area contributed by atoms with Gasteiger partial charge >= 0.3 is 0 Å². The highest BCUT2D eigenvalue weighted by Gasteiger charge is 2.16. The zero-order valence-electron chi connectivity index (χ0n) is 10.6. The van der Waals surface area contributed by atoms with Crippen molar-refractivity contribution < 1.29 is 9.63 Å². The van der Waals surface area contributed by atoms with Gasteiger partial charge in [-0.3, -0.25) is 0 Å². The summed E-state index contributed by atoms with van der Waals surface area (Å²) in [6.45, 7) is 3.86. The standard InChI is InChI=1S/C13H14Cl2N2O2/c1-7(2)11(18)6-12-16-13(17-19-12)8-3-4-9(14)10(15)5-8/h3-5,7,11,18H,6H2,1-2H3. The molecule has 0 radical (unpaired) electrons. The molecule has 19 heavy (non-hydrogen) atoms. The van der Waals surface area contributed by atoms with Gasteiger partial charge in [-0.25, -0.2) is 0 Å². The molecule has 1 heterocycles. The summed E-state index contributed by atoms with van der Waals surface area (Å²) in [6, 6.07) is 5.12. The molecule has 1 unspecified atom stereocenters. The van der Waals surface area contributed by atoms with E-state index in [-0.39, 0.29) is 5.92 Å². The Kier molecular flexibility index (Phi) is 4.45. The first-order chi connectivity index (χ1) is 8.97. The minimum atomic E-state index is -0.498. The molecule has 0 saturated carbocycles. The molecule has 6 heteroatoms. The van der Waals surface area contributed by atoms with Crippen molar-refractivity contribution in [3.05, 3.63) is 34.1 Å². The molecule has 1 aromatic heterocycles. The molecular weight excluding hydrogens is 287 g/mol. The average Bonchev–Trinajstić information content (AvgIpc) is 2.81. The maximum absolute atomic E-state index is 9.77. The van der Waals surface area contributed by atoms with Crippen molar-refractivity contribution in [1.29, 1.82) is 0 Å². The Hall–Kier alpha value is -1.10. The zero-order chi connectivity index (χ0) is 14.0. The number of nitrogens with zero attached hydrogens (tertiary/aromatic N) is 2. The van der Waals surface area contributed by atoms with Crippen molar-refractivity contribution in [2.45, 2.75) is 26.4 Å². The number of halogens is 2. The highest BCUT2D eigenvalue weighted by molar-refractivity contribution is 6.42. The molecule has 0 aliphatic carbocycles. The lowest BCUT2D eigenvalue weighted by molar-refractivity contribution is 0.116. The van der Waals surface area contributed by atoms with Gasteiger partial charge < -0.3 is 9.63 Å². The van der Waals surface area contributed by atoms with Crippen LogP contribution in [0.25, 0.3) is 11.4 Å². The van der Waals surface area contributed by atoms with Gasteiger partial charge in [0.2, 0.25) is 11.7 Å². The second kappa shape index (κ2) is 5.90. The smallest absolute Gasteiger partial charge is 0.229 e. The Morgan fingerprint density at radius 3 is 2.63 bits per heavy atom. The van der Waals surface area contributed by atoms with Crippen LogP contribution in [-0.4, -0.2) is 21.4 Å². The molecule has 0 saturated heterocycles. The number of benzene rings is 1. The Morgan fingerprint density at radius 2 is 2.00 bits per heavy atom. The lowest BCUT2D eigenvalue weighted by atomic mass is 10.0. The van der Waals surface area contributed by atoms with Gasteiger partial charge in [0.25, 0.3) is 0 Å². The van der Waals surface area contributed by atoms with Crippen LogP contribution in [0.1, 0.15) is 19.7 Å². The van der Waals surface area contributed by atoms with Crippen LogP contribution >= 0.6 is 23.2 Å². The number of aliphatic hydroxyl groups is 1. The van der Waals surface area contributed by atoms with Gasteiger partial charge in [0.1, 0.15) is 0 Å². The first-order valence-corrected chi connectivity index (χ1v) is 6.69. The summed E-state index contributed by atoms with van der Waals surface area (Å²) >= 11 is 11.8. The summed E-state index contributed by atoms with van der Waals surface area (Å²) in [5, 5.41) is 14.6. The van der Waals surface area contributed by atoms with E-state index >= 15 is 0 Å². The van der Waals surface area contributed by atoms with E-state index < -0.39 is 6.10 Å². The Morgan fingerprint density at radius 1 is 1.26 bits per heavy atom. The third-order valence-corrected chi connectivity index (χ3v) is 3.54. The minimum Gasteiger partial charge on any atom is -0.392 e. The highest BCUT2D eigenvalue weighted by atomic mass is 35.5. The van der Waals surface area contributed by atoms with Crippen LogP contribution in [0, 0.1) is 5.92 Å². The van der Waals surface area contributed by atoms with Crippen LogP contribution in [-0.2, 0) is 6.42 Å². The summed E-state index contributed by atoms with van der Waals surface area (Å²) in [7, 11) is 0. The molecule has 0 aliphatic heterocycles. The Bertz CT molecular complexity index is 570. The van der Waals surface area contributed by atoms with Crippen LogP contribution < -0.4 is 0 Å². The van der Waals surface area contributed by atoms with E-state index in [4.69, 9.17) is 27.7 Å². The molecule has 0 fully saturated rings. The van der Waals surface area contributed by atoms with Gasteiger partial charge in [0.05, 0.1) is 22.6 Å². The normalized spacial score (nSPS) is 12.9. The quantitative estimate of drug-likeness (QED) is 0.937. The predicted octanol–water partition coefficient (Wildman–Crippen LogP) is 3.60. The van der Waals surface area contributed by atoms with Crippen LogP contribution in [0.2, 0.25) is 10.0 Å². The molecule has 0 bridgehead atoms. The van der Waals surface area contributed by atoms with E-state index in [2.05, 4.69) is 10.1 Å². The first-order valence-electron chi connectivity index (χ1n) is 5.93. The molecule has 1 atom stereocenters. The van der Waals surface area contributed by atoms with E-state index in [1.807, 2.05) is 13.8 Å². The van der Waals surface area contributed by atoms with Gasteiger partial charge in [-0.15, -0.1) is 0 Å². The lowest BCUT2D eigenvalue weighted by Gasteiger charge is -2.10. The summed E-state index contributed by atoms with van der Waals surface area (Å²) < 4.78 is 5.11. The third kappa shape index (κ3) is 3.47. The van der Waals surface area contributed by atoms with Crippen LogP contribution in [0.3, 0.4) is 0 Å². The van der Waals surface area contributed by atoms with Crippen molar-refractivity contribution >= 4 is 23.2 Å². The number of hydrogen-bond donors (Lipinski definition) is 1. The fourth-order valence-corrected chi connectivity index (χ4v) is 1.80. The number of rotatable bonds is 4. The predicted molar refractivity (Wildman–Crippen MR) is 74.3 cm³/mol. The van der Waals surface area contributed by atoms with Crippen molar-refractivity contribution in [2.24, 2.45) is 5.92 Å². The van der Waals surface area contributed by atoms with Gasteiger partial charge in [-0.05, 0) is 24.1 Å². The molecule has 0 spiro atoms. The van der Waals surface area contributed by atoms with Crippen molar-refractivity contribution in [1.82, 2.24) is 10.1 Å². The van der Waals surface area contributed by atoms with Gasteiger partial charge in [0.15, 0.2) is 0 Å². The Labute approximate surface area is 121 Å². The monoisotopic (exact) mass is 300 g/mol. The van der Waals surface area contributed by atoms with E-state index in [9.17, 15) is 5.11 Å². The highest BCUT2D eigenvalue weighted by Crippen LogP contribution is 2.27. The lowest BCUT2D eigenvalue weighted by Crippen LogP contribution is -2.17. The van der Waals surface area contributed by atoms with E-state index in [1.54, 1.807) is 18.2 Å². The number of aromatic nitrogens is 2. The molecule has 1 N–H and O–H groups in total. The summed E-state index contributed by atoms with van der Waals surface area (Å²) in [6.07, 6.45) is -0.159. The van der Waals surface area contributed by atoms with Crippen molar-refractivity contribution in [3.63, 3.8) is 0 Å². The second-order valence-corrected chi connectivity index (χ2v) is 5.47. The first kappa shape index (κ1) is 14.3. The Balaban J connectivity index is 2.18. The van der Waals surface area contributed by atoms with Crippen LogP contribution in [0.15, 0.2) is 22.7 Å². The van der Waals surface area contributed by atoms with E-state index in [0.29, 0.717) is 28.2 Å². The molecule has 2 aromatic rings. The van der Waals surface area contributed by atoms with Gasteiger partial charge in [0, 0.05) is 5.56 Å². The maximum atomic E-state index is 9.77. The topological polar surface area (TPSA) is 59.2 Å². The largest absolute Gasteiger partial charge is 0.392 e. The average molecular weight is 301 g/mol.